The van der Waals surface area contributed by atoms with Crippen molar-refractivity contribution in [2.75, 3.05) is 13.1 Å². The van der Waals surface area contributed by atoms with Crippen LogP contribution in [-0.2, 0) is 0 Å². The zero-order chi connectivity index (χ0) is 11.7. The number of carbonyl (C=O) groups is 1. The van der Waals surface area contributed by atoms with Crippen molar-refractivity contribution in [2.45, 2.75) is 12.5 Å². The Bertz CT molecular complexity index is 424. The van der Waals surface area contributed by atoms with Crippen molar-refractivity contribution in [1.82, 2.24) is 4.90 Å². The zero-order valence-corrected chi connectivity index (χ0v) is 10.8. The molecule has 0 saturated carbocycles. The number of benzene rings is 1. The molecule has 1 aromatic rings. The monoisotopic (exact) mass is 303 g/mol. The van der Waals surface area contributed by atoms with Gasteiger partial charge >= 0.3 is 0 Å². The first-order valence-corrected chi connectivity index (χ1v) is 6.17. The Balaban J connectivity index is 2.18. The molecular weight excluding hydrogens is 293 g/mol. The summed E-state index contributed by atoms with van der Waals surface area (Å²) in [5.41, 5.74) is 0.588. The Morgan fingerprint density at radius 2 is 2.31 bits per heavy atom. The lowest BCUT2D eigenvalue weighted by Gasteiger charge is -2.15. The Morgan fingerprint density at radius 3 is 2.88 bits per heavy atom. The third kappa shape index (κ3) is 2.39. The van der Waals surface area contributed by atoms with Gasteiger partial charge < -0.3 is 10.0 Å². The molecule has 0 unspecified atom stereocenters. The van der Waals surface area contributed by atoms with E-state index in [4.69, 9.17) is 11.6 Å². The van der Waals surface area contributed by atoms with Gasteiger partial charge in [-0.05, 0) is 40.5 Å². The first-order valence-electron chi connectivity index (χ1n) is 5.00. The Morgan fingerprint density at radius 1 is 1.56 bits per heavy atom. The van der Waals surface area contributed by atoms with Gasteiger partial charge in [0.2, 0.25) is 0 Å². The van der Waals surface area contributed by atoms with Crippen molar-refractivity contribution >= 4 is 33.4 Å². The highest BCUT2D eigenvalue weighted by Gasteiger charge is 2.25. The molecule has 0 aliphatic carbocycles. The van der Waals surface area contributed by atoms with Gasteiger partial charge in [0, 0.05) is 23.1 Å². The van der Waals surface area contributed by atoms with Crippen molar-refractivity contribution in [3.05, 3.63) is 33.3 Å². The SMILES string of the molecule is O=C(c1ccc(Cl)c(Br)c1)N1CC[C@@H](O)C1. The maximum Gasteiger partial charge on any atom is 0.253 e. The molecule has 1 N–H and O–H groups in total. The topological polar surface area (TPSA) is 40.5 Å². The van der Waals surface area contributed by atoms with Gasteiger partial charge in [0.15, 0.2) is 0 Å². The second-order valence-corrected chi connectivity index (χ2v) is 5.08. The first-order chi connectivity index (χ1) is 7.58. The van der Waals surface area contributed by atoms with Gasteiger partial charge in [-0.3, -0.25) is 4.79 Å². The van der Waals surface area contributed by atoms with Crippen LogP contribution in [0.4, 0.5) is 0 Å². The van der Waals surface area contributed by atoms with Crippen LogP contribution in [0.1, 0.15) is 16.8 Å². The van der Waals surface area contributed by atoms with Crippen LogP contribution in [0.3, 0.4) is 0 Å². The van der Waals surface area contributed by atoms with E-state index >= 15 is 0 Å². The number of aliphatic hydroxyl groups excluding tert-OH is 1. The third-order valence-corrected chi connectivity index (χ3v) is 3.83. The van der Waals surface area contributed by atoms with Crippen LogP contribution in [0.25, 0.3) is 0 Å². The van der Waals surface area contributed by atoms with E-state index in [-0.39, 0.29) is 12.0 Å². The maximum absolute atomic E-state index is 12.0. The minimum atomic E-state index is -0.389. The van der Waals surface area contributed by atoms with Crippen LogP contribution in [0.5, 0.6) is 0 Å². The minimum absolute atomic E-state index is 0.0612. The molecule has 1 atom stereocenters. The Hall–Kier alpha value is -0.580. The molecule has 5 heteroatoms. The molecule has 1 heterocycles. The summed E-state index contributed by atoms with van der Waals surface area (Å²) in [5.74, 6) is -0.0612. The van der Waals surface area contributed by atoms with E-state index in [2.05, 4.69) is 15.9 Å². The van der Waals surface area contributed by atoms with E-state index in [0.29, 0.717) is 34.6 Å². The van der Waals surface area contributed by atoms with Crippen LogP contribution in [0.2, 0.25) is 5.02 Å². The molecule has 1 saturated heterocycles. The van der Waals surface area contributed by atoms with E-state index in [1.807, 2.05) is 0 Å². The molecule has 0 spiro atoms. The molecule has 1 aliphatic rings. The number of halogens is 2. The van der Waals surface area contributed by atoms with E-state index in [0.717, 1.165) is 0 Å². The van der Waals surface area contributed by atoms with Gasteiger partial charge in [-0.2, -0.15) is 0 Å². The lowest BCUT2D eigenvalue weighted by atomic mass is 10.2. The minimum Gasteiger partial charge on any atom is -0.391 e. The largest absolute Gasteiger partial charge is 0.391 e. The van der Waals surface area contributed by atoms with E-state index in [1.165, 1.54) is 0 Å². The predicted molar refractivity (Wildman–Crippen MR) is 65.7 cm³/mol. The van der Waals surface area contributed by atoms with Crippen LogP contribution in [-0.4, -0.2) is 35.1 Å². The second-order valence-electron chi connectivity index (χ2n) is 3.82. The quantitative estimate of drug-likeness (QED) is 0.865. The molecule has 16 heavy (non-hydrogen) atoms. The van der Waals surface area contributed by atoms with Crippen molar-refractivity contribution in [3.63, 3.8) is 0 Å². The summed E-state index contributed by atoms with van der Waals surface area (Å²) < 4.78 is 0.708. The number of hydrogen-bond acceptors (Lipinski definition) is 2. The standard InChI is InChI=1S/C11H11BrClNO2/c12-9-5-7(1-2-10(9)13)11(16)14-4-3-8(15)6-14/h1-2,5,8,15H,3-4,6H2/t8-/m1/s1. The Labute approximate surface area is 107 Å². The fourth-order valence-corrected chi connectivity index (χ4v) is 2.23. The zero-order valence-electron chi connectivity index (χ0n) is 8.49. The van der Waals surface area contributed by atoms with Crippen molar-refractivity contribution in [1.29, 1.82) is 0 Å². The summed E-state index contributed by atoms with van der Waals surface area (Å²) in [7, 11) is 0. The smallest absolute Gasteiger partial charge is 0.253 e. The molecule has 86 valence electrons. The number of amides is 1. The van der Waals surface area contributed by atoms with E-state index in [9.17, 15) is 9.90 Å². The van der Waals surface area contributed by atoms with Gasteiger partial charge in [0.25, 0.3) is 5.91 Å². The number of carbonyl (C=O) groups excluding carboxylic acids is 1. The molecule has 3 nitrogen and oxygen atoms in total. The number of β-amino-alcohol motifs (C(OH)–C–C–N with tert-alkyl or cyclic N) is 1. The van der Waals surface area contributed by atoms with Crippen LogP contribution in [0, 0.1) is 0 Å². The van der Waals surface area contributed by atoms with Crippen molar-refractivity contribution < 1.29 is 9.90 Å². The predicted octanol–water partition coefficient (Wildman–Crippen LogP) is 2.31. The van der Waals surface area contributed by atoms with Crippen molar-refractivity contribution in [2.24, 2.45) is 0 Å². The first kappa shape index (κ1) is 11.9. The number of likely N-dealkylation sites (tertiary alicyclic amines) is 1. The highest BCUT2D eigenvalue weighted by Crippen LogP contribution is 2.24. The van der Waals surface area contributed by atoms with Gasteiger partial charge in [-0.25, -0.2) is 0 Å². The summed E-state index contributed by atoms with van der Waals surface area (Å²) in [4.78, 5) is 13.7. The lowest BCUT2D eigenvalue weighted by molar-refractivity contribution is 0.0765. The maximum atomic E-state index is 12.0. The van der Waals surface area contributed by atoms with Crippen molar-refractivity contribution in [3.8, 4) is 0 Å². The fourth-order valence-electron chi connectivity index (χ4n) is 1.74. The third-order valence-electron chi connectivity index (χ3n) is 2.62. The number of aliphatic hydroxyl groups is 1. The van der Waals surface area contributed by atoms with Crippen LogP contribution >= 0.6 is 27.5 Å². The number of rotatable bonds is 1. The summed E-state index contributed by atoms with van der Waals surface area (Å²) in [6, 6.07) is 5.08. The molecule has 1 amide bonds. The van der Waals surface area contributed by atoms with Crippen LogP contribution < -0.4 is 0 Å². The molecular formula is C11H11BrClNO2. The van der Waals surface area contributed by atoms with E-state index in [1.54, 1.807) is 23.1 Å². The van der Waals surface area contributed by atoms with Gasteiger partial charge in [-0.15, -0.1) is 0 Å². The molecule has 1 fully saturated rings. The second kappa shape index (κ2) is 4.73. The summed E-state index contributed by atoms with van der Waals surface area (Å²) in [5, 5.41) is 9.95. The van der Waals surface area contributed by atoms with Gasteiger partial charge in [-0.1, -0.05) is 11.6 Å². The fraction of sp³-hybridized carbons (Fsp3) is 0.364. The molecule has 0 aromatic heterocycles. The average Bonchev–Trinajstić information content (AvgIpc) is 2.68. The Kier molecular flexibility index (Phi) is 3.52. The summed E-state index contributed by atoms with van der Waals surface area (Å²) >= 11 is 9.14. The highest BCUT2D eigenvalue weighted by atomic mass is 79.9. The lowest BCUT2D eigenvalue weighted by Crippen LogP contribution is -2.29. The number of hydrogen-bond donors (Lipinski definition) is 1. The van der Waals surface area contributed by atoms with Gasteiger partial charge in [0.05, 0.1) is 11.1 Å². The molecule has 1 aliphatic heterocycles. The average molecular weight is 305 g/mol. The van der Waals surface area contributed by atoms with Gasteiger partial charge in [0.1, 0.15) is 0 Å². The normalized spacial score (nSPS) is 20.2. The summed E-state index contributed by atoms with van der Waals surface area (Å²) in [6.07, 6.45) is 0.264. The highest BCUT2D eigenvalue weighted by molar-refractivity contribution is 9.10. The van der Waals surface area contributed by atoms with Crippen LogP contribution in [0.15, 0.2) is 22.7 Å². The molecule has 2 rings (SSSR count). The molecule has 0 bridgehead atoms. The molecule has 1 aromatic carbocycles. The summed E-state index contributed by atoms with van der Waals surface area (Å²) in [6.45, 7) is 1.03. The number of nitrogens with zero attached hydrogens (tertiary/aromatic N) is 1. The molecule has 0 radical (unpaired) electrons. The van der Waals surface area contributed by atoms with E-state index < -0.39 is 0 Å².